The second-order valence-electron chi connectivity index (χ2n) is 8.31. The molecule has 1 N–H and O–H groups in total. The molecule has 0 saturated carbocycles. The van der Waals surface area contributed by atoms with Crippen LogP contribution in [0.5, 0.6) is 5.88 Å². The van der Waals surface area contributed by atoms with Gasteiger partial charge in [-0.1, -0.05) is 0 Å². The maximum Gasteiger partial charge on any atom is 0.238 e. The van der Waals surface area contributed by atoms with E-state index in [-0.39, 0.29) is 12.2 Å². The van der Waals surface area contributed by atoms with E-state index in [1.807, 2.05) is 31.2 Å². The lowest BCUT2D eigenvalue weighted by atomic mass is 10.1. The quantitative estimate of drug-likeness (QED) is 0.581. The Morgan fingerprint density at radius 2 is 1.97 bits per heavy atom. The molecule has 174 valence electrons. The number of nitrogens with zero attached hydrogens (tertiary/aromatic N) is 4. The van der Waals surface area contributed by atoms with Crippen molar-refractivity contribution in [3.8, 4) is 5.88 Å². The second kappa shape index (κ2) is 9.20. The number of aromatic nitrogens is 3. The Labute approximate surface area is 193 Å². The van der Waals surface area contributed by atoms with E-state index in [4.69, 9.17) is 14.2 Å². The molecule has 0 radical (unpaired) electrons. The monoisotopic (exact) mass is 469 g/mol. The van der Waals surface area contributed by atoms with Gasteiger partial charge in [-0.05, 0) is 49.6 Å². The number of hydrogen-bond acceptors (Lipinski definition) is 9. The number of anilines is 2. The highest BCUT2D eigenvalue weighted by molar-refractivity contribution is 7.93. The number of nitrogens with one attached hydrogen (secondary N) is 1. The van der Waals surface area contributed by atoms with Crippen LogP contribution in [0.3, 0.4) is 0 Å². The number of methoxy groups -OCH3 is 1. The highest BCUT2D eigenvalue weighted by atomic mass is 32.2. The molecule has 1 aromatic carbocycles. The Kier molecular flexibility index (Phi) is 6.13. The molecule has 2 aromatic heterocycles. The number of rotatable bonds is 6. The van der Waals surface area contributed by atoms with E-state index in [1.54, 1.807) is 13.3 Å². The zero-order valence-electron chi connectivity index (χ0n) is 18.7. The van der Waals surface area contributed by atoms with Crippen molar-refractivity contribution in [1.82, 2.24) is 15.0 Å². The van der Waals surface area contributed by atoms with Gasteiger partial charge in [0.1, 0.15) is 23.9 Å². The lowest BCUT2D eigenvalue weighted by molar-refractivity contribution is 0.0311. The largest absolute Gasteiger partial charge is 0.468 e. The van der Waals surface area contributed by atoms with Gasteiger partial charge in [0.15, 0.2) is 6.10 Å². The Balaban J connectivity index is 1.47. The van der Waals surface area contributed by atoms with E-state index in [9.17, 15) is 4.21 Å². The van der Waals surface area contributed by atoms with E-state index >= 15 is 0 Å². The Hall–Kier alpha value is -2.82. The number of benzene rings is 1. The first-order chi connectivity index (χ1) is 16.0. The van der Waals surface area contributed by atoms with Crippen molar-refractivity contribution in [2.24, 2.45) is 4.36 Å². The highest BCUT2D eigenvalue weighted by Gasteiger charge is 2.31. The van der Waals surface area contributed by atoms with Crippen LogP contribution in [-0.2, 0) is 19.2 Å². The van der Waals surface area contributed by atoms with Gasteiger partial charge < -0.3 is 19.5 Å². The minimum Gasteiger partial charge on any atom is -0.468 e. The van der Waals surface area contributed by atoms with Crippen LogP contribution >= 0.6 is 0 Å². The molecule has 2 saturated heterocycles. The van der Waals surface area contributed by atoms with Gasteiger partial charge in [-0.15, -0.1) is 0 Å². The molecule has 9 nitrogen and oxygen atoms in total. The molecule has 0 spiro atoms. The molecule has 3 aromatic rings. The van der Waals surface area contributed by atoms with Crippen LogP contribution in [-0.4, -0.2) is 63.2 Å². The molecule has 33 heavy (non-hydrogen) atoms. The van der Waals surface area contributed by atoms with Gasteiger partial charge in [-0.3, -0.25) is 0 Å². The molecule has 2 aliphatic rings. The summed E-state index contributed by atoms with van der Waals surface area (Å²) in [5.41, 5.74) is 3.07. The van der Waals surface area contributed by atoms with Crippen LogP contribution in [0.1, 0.15) is 18.4 Å². The topological polar surface area (TPSA) is 108 Å². The van der Waals surface area contributed by atoms with E-state index < -0.39 is 9.73 Å². The van der Waals surface area contributed by atoms with Crippen LogP contribution in [0, 0.1) is 6.92 Å². The fourth-order valence-electron chi connectivity index (χ4n) is 4.26. The van der Waals surface area contributed by atoms with E-state index in [1.165, 1.54) is 6.33 Å². The average molecular weight is 470 g/mol. The zero-order valence-corrected chi connectivity index (χ0v) is 19.5. The van der Waals surface area contributed by atoms with E-state index in [0.29, 0.717) is 47.8 Å². The summed E-state index contributed by atoms with van der Waals surface area (Å²) in [5.74, 6) is 2.42. The molecular formula is C23H27N5O4S. The van der Waals surface area contributed by atoms with Gasteiger partial charge in [0.25, 0.3) is 0 Å². The number of ether oxygens (including phenoxy) is 3. The fraction of sp³-hybridized carbons (Fsp3) is 0.435. The summed E-state index contributed by atoms with van der Waals surface area (Å²) in [4.78, 5) is 13.3. The summed E-state index contributed by atoms with van der Waals surface area (Å²) in [6.07, 6.45) is 4.74. The summed E-state index contributed by atoms with van der Waals surface area (Å²) in [7, 11) is -0.509. The predicted octanol–water partition coefficient (Wildman–Crippen LogP) is 3.76. The van der Waals surface area contributed by atoms with Gasteiger partial charge in [-0.2, -0.15) is 4.36 Å². The van der Waals surface area contributed by atoms with Crippen molar-refractivity contribution >= 4 is 37.8 Å². The third-order valence-corrected chi connectivity index (χ3v) is 8.33. The minimum absolute atomic E-state index is 0.143. The summed E-state index contributed by atoms with van der Waals surface area (Å²) < 4.78 is 34.5. The maximum atomic E-state index is 12.9. The molecule has 0 aliphatic carbocycles. The molecule has 2 fully saturated rings. The van der Waals surface area contributed by atoms with Crippen molar-refractivity contribution in [3.05, 3.63) is 42.4 Å². The SMILES string of the molecule is CO[C@H]1COC[C@@H]1Oc1ncccc1Nc1ncnc2cc(N=S3(=O)CCCC3)cc(C)c12. The Bertz CT molecular complexity index is 1280. The number of fused-ring (bicyclic) bond motifs is 1. The minimum atomic E-state index is -2.15. The summed E-state index contributed by atoms with van der Waals surface area (Å²) >= 11 is 0. The lowest BCUT2D eigenvalue weighted by Crippen LogP contribution is -2.32. The van der Waals surface area contributed by atoms with Crippen molar-refractivity contribution in [2.45, 2.75) is 32.0 Å². The van der Waals surface area contributed by atoms with Gasteiger partial charge in [0.05, 0.1) is 34.1 Å². The van der Waals surface area contributed by atoms with Gasteiger partial charge in [0, 0.05) is 30.2 Å². The fourth-order valence-corrected chi connectivity index (χ4v) is 6.44. The molecule has 2 atom stereocenters. The van der Waals surface area contributed by atoms with Crippen LogP contribution in [0.2, 0.25) is 0 Å². The molecular weight excluding hydrogens is 442 g/mol. The Morgan fingerprint density at radius 1 is 1.15 bits per heavy atom. The molecule has 0 amide bonds. The smallest absolute Gasteiger partial charge is 0.238 e. The maximum absolute atomic E-state index is 12.9. The average Bonchev–Trinajstić information content (AvgIpc) is 3.43. The van der Waals surface area contributed by atoms with Crippen LogP contribution < -0.4 is 10.1 Å². The van der Waals surface area contributed by atoms with Gasteiger partial charge in [0.2, 0.25) is 5.88 Å². The van der Waals surface area contributed by atoms with Crippen LogP contribution in [0.25, 0.3) is 10.9 Å². The summed E-state index contributed by atoms with van der Waals surface area (Å²) in [6, 6.07) is 7.54. The van der Waals surface area contributed by atoms with Crippen LogP contribution in [0.15, 0.2) is 41.2 Å². The van der Waals surface area contributed by atoms with E-state index in [2.05, 4.69) is 24.6 Å². The molecule has 10 heteroatoms. The van der Waals surface area contributed by atoms with Crippen molar-refractivity contribution < 1.29 is 18.4 Å². The normalized spacial score (nSPS) is 21.9. The first-order valence-corrected chi connectivity index (χ1v) is 12.9. The van der Waals surface area contributed by atoms with Gasteiger partial charge >= 0.3 is 0 Å². The first-order valence-electron chi connectivity index (χ1n) is 11.0. The van der Waals surface area contributed by atoms with E-state index in [0.717, 1.165) is 29.3 Å². The van der Waals surface area contributed by atoms with Crippen molar-refractivity contribution in [2.75, 3.05) is 37.1 Å². The third-order valence-electron chi connectivity index (χ3n) is 5.94. The number of hydrogen-bond donors (Lipinski definition) is 1. The number of pyridine rings is 1. The van der Waals surface area contributed by atoms with Crippen molar-refractivity contribution in [3.63, 3.8) is 0 Å². The highest BCUT2D eigenvalue weighted by Crippen LogP contribution is 2.33. The Morgan fingerprint density at radius 3 is 2.79 bits per heavy atom. The standard InChI is InChI=1S/C23H27N5O4S/c1-15-10-16(28-33(29)8-3-4-9-33)11-18-21(15)22(26-14-25-18)27-17-6-5-7-24-23(17)32-20-13-31-12-19(20)30-2/h5-7,10-11,14,19-20H,3-4,8-9,12-13H2,1-2H3,(H,25,26,27)/t19-,20-/m0/s1. The number of aryl methyl sites for hydroxylation is 1. The summed E-state index contributed by atoms with van der Waals surface area (Å²) in [6.45, 7) is 2.92. The third kappa shape index (κ3) is 4.64. The first kappa shape index (κ1) is 22.0. The van der Waals surface area contributed by atoms with Crippen LogP contribution in [0.4, 0.5) is 17.2 Å². The van der Waals surface area contributed by atoms with Crippen molar-refractivity contribution in [1.29, 1.82) is 0 Å². The molecule has 0 bridgehead atoms. The molecule has 0 unspecified atom stereocenters. The second-order valence-corrected chi connectivity index (χ2v) is 10.9. The molecule has 5 rings (SSSR count). The zero-order chi connectivity index (χ0) is 22.8. The molecule has 4 heterocycles. The predicted molar refractivity (Wildman–Crippen MR) is 127 cm³/mol. The summed E-state index contributed by atoms with van der Waals surface area (Å²) in [5, 5.41) is 4.22. The molecule has 2 aliphatic heterocycles. The van der Waals surface area contributed by atoms with Gasteiger partial charge in [-0.25, -0.2) is 19.2 Å². The lowest BCUT2D eigenvalue weighted by Gasteiger charge is -2.19.